The molecule has 0 unspecified atom stereocenters. The molecule has 120 valence electrons. The Kier molecular flexibility index (Phi) is 4.81. The number of aromatic nitrogens is 1. The molecule has 0 radical (unpaired) electrons. The third-order valence-corrected chi connectivity index (χ3v) is 3.34. The highest BCUT2D eigenvalue weighted by Gasteiger charge is 2.06. The maximum absolute atomic E-state index is 12.9. The van der Waals surface area contributed by atoms with Crippen LogP contribution in [0.3, 0.4) is 0 Å². The van der Waals surface area contributed by atoms with E-state index in [-0.39, 0.29) is 11.7 Å². The third-order valence-electron chi connectivity index (χ3n) is 3.34. The summed E-state index contributed by atoms with van der Waals surface area (Å²) in [6, 6.07) is 16.2. The number of hydrogen-bond donors (Lipinski definition) is 1. The lowest BCUT2D eigenvalue weighted by atomic mass is 10.2. The quantitative estimate of drug-likeness (QED) is 0.774. The molecule has 3 aromatic rings. The van der Waals surface area contributed by atoms with Gasteiger partial charge in [-0.2, -0.15) is 0 Å². The minimum Gasteiger partial charge on any atom is -0.457 e. The van der Waals surface area contributed by atoms with Crippen LogP contribution in [0.1, 0.15) is 15.9 Å². The van der Waals surface area contributed by atoms with E-state index in [0.717, 1.165) is 5.56 Å². The van der Waals surface area contributed by atoms with E-state index in [9.17, 15) is 9.18 Å². The van der Waals surface area contributed by atoms with Crippen molar-refractivity contribution in [1.29, 1.82) is 0 Å². The zero-order valence-corrected chi connectivity index (χ0v) is 12.8. The molecule has 1 amide bonds. The highest BCUT2D eigenvalue weighted by Crippen LogP contribution is 2.21. The smallest absolute Gasteiger partial charge is 0.251 e. The predicted molar refractivity (Wildman–Crippen MR) is 88.3 cm³/mol. The van der Waals surface area contributed by atoms with Crippen molar-refractivity contribution in [2.45, 2.75) is 6.54 Å². The number of amides is 1. The van der Waals surface area contributed by atoms with Gasteiger partial charge in [-0.3, -0.25) is 9.78 Å². The first-order chi connectivity index (χ1) is 11.7. The standard InChI is InChI=1S/C19H15FN2O2/c20-16-5-9-18(10-6-16)24-17-7-3-15(4-8-17)19(23)22-13-14-2-1-11-21-12-14/h1-12H,13H2,(H,22,23). The molecular weight excluding hydrogens is 307 g/mol. The lowest BCUT2D eigenvalue weighted by Crippen LogP contribution is -2.22. The van der Waals surface area contributed by atoms with E-state index in [2.05, 4.69) is 10.3 Å². The maximum atomic E-state index is 12.9. The molecule has 24 heavy (non-hydrogen) atoms. The first kappa shape index (κ1) is 15.7. The Hall–Kier alpha value is -3.21. The average molecular weight is 322 g/mol. The van der Waals surface area contributed by atoms with Crippen LogP contribution in [-0.2, 0) is 6.54 Å². The monoisotopic (exact) mass is 322 g/mol. The Morgan fingerprint density at radius 1 is 1.00 bits per heavy atom. The van der Waals surface area contributed by atoms with Gasteiger partial charge in [0.25, 0.3) is 5.91 Å². The van der Waals surface area contributed by atoms with E-state index in [4.69, 9.17) is 4.74 Å². The molecule has 1 N–H and O–H groups in total. The zero-order chi connectivity index (χ0) is 16.8. The van der Waals surface area contributed by atoms with Crippen molar-refractivity contribution < 1.29 is 13.9 Å². The topological polar surface area (TPSA) is 51.2 Å². The normalized spacial score (nSPS) is 10.2. The molecule has 0 aliphatic heterocycles. The first-order valence-corrected chi connectivity index (χ1v) is 7.41. The van der Waals surface area contributed by atoms with Crippen molar-refractivity contribution in [3.05, 3.63) is 90.0 Å². The summed E-state index contributed by atoms with van der Waals surface area (Å²) in [4.78, 5) is 16.1. The Morgan fingerprint density at radius 2 is 1.67 bits per heavy atom. The van der Waals surface area contributed by atoms with Gasteiger partial charge in [0.15, 0.2) is 0 Å². The highest BCUT2D eigenvalue weighted by atomic mass is 19.1. The van der Waals surface area contributed by atoms with Gasteiger partial charge in [0.1, 0.15) is 17.3 Å². The third kappa shape index (κ3) is 4.16. The summed E-state index contributed by atoms with van der Waals surface area (Å²) in [6.07, 6.45) is 3.39. The van der Waals surface area contributed by atoms with E-state index < -0.39 is 0 Å². The van der Waals surface area contributed by atoms with E-state index in [1.54, 1.807) is 48.8 Å². The summed E-state index contributed by atoms with van der Waals surface area (Å²) in [5, 5.41) is 2.83. The number of benzene rings is 2. The van der Waals surface area contributed by atoms with E-state index in [1.165, 1.54) is 12.1 Å². The number of halogens is 1. The van der Waals surface area contributed by atoms with Gasteiger partial charge in [-0.25, -0.2) is 4.39 Å². The molecule has 0 aliphatic rings. The van der Waals surface area contributed by atoms with Crippen molar-refractivity contribution in [3.63, 3.8) is 0 Å². The molecule has 0 saturated heterocycles. The molecule has 0 bridgehead atoms. The van der Waals surface area contributed by atoms with Gasteiger partial charge >= 0.3 is 0 Å². The van der Waals surface area contributed by atoms with Crippen LogP contribution in [0.4, 0.5) is 4.39 Å². The van der Waals surface area contributed by atoms with Crippen molar-refractivity contribution in [2.75, 3.05) is 0 Å². The maximum Gasteiger partial charge on any atom is 0.251 e. The van der Waals surface area contributed by atoms with Gasteiger partial charge in [0.2, 0.25) is 0 Å². The summed E-state index contributed by atoms with van der Waals surface area (Å²) in [5.41, 5.74) is 1.47. The second-order valence-electron chi connectivity index (χ2n) is 5.12. The minimum atomic E-state index is -0.317. The Morgan fingerprint density at radius 3 is 2.29 bits per heavy atom. The van der Waals surface area contributed by atoms with Crippen LogP contribution in [0, 0.1) is 5.82 Å². The Bertz CT molecular complexity index is 803. The summed E-state index contributed by atoms with van der Waals surface area (Å²) in [6.45, 7) is 0.417. The van der Waals surface area contributed by atoms with Crippen molar-refractivity contribution >= 4 is 5.91 Å². The summed E-state index contributed by atoms with van der Waals surface area (Å²) < 4.78 is 18.4. The summed E-state index contributed by atoms with van der Waals surface area (Å²) in [5.74, 6) is 0.616. The van der Waals surface area contributed by atoms with Gasteiger partial charge in [0, 0.05) is 24.5 Å². The van der Waals surface area contributed by atoms with Crippen LogP contribution in [0.2, 0.25) is 0 Å². The molecule has 1 aromatic heterocycles. The second-order valence-corrected chi connectivity index (χ2v) is 5.12. The lowest BCUT2D eigenvalue weighted by Gasteiger charge is -2.08. The molecular formula is C19H15FN2O2. The number of carbonyl (C=O) groups is 1. The molecule has 1 heterocycles. The van der Waals surface area contributed by atoms with Gasteiger partial charge in [0.05, 0.1) is 0 Å². The fourth-order valence-corrected chi connectivity index (χ4v) is 2.10. The number of pyridine rings is 1. The SMILES string of the molecule is O=C(NCc1cccnc1)c1ccc(Oc2ccc(F)cc2)cc1. The van der Waals surface area contributed by atoms with E-state index >= 15 is 0 Å². The molecule has 0 fully saturated rings. The average Bonchev–Trinajstić information content (AvgIpc) is 2.63. The molecule has 0 spiro atoms. The molecule has 2 aromatic carbocycles. The van der Waals surface area contributed by atoms with Crippen LogP contribution in [-0.4, -0.2) is 10.9 Å². The number of rotatable bonds is 5. The minimum absolute atomic E-state index is 0.174. The number of hydrogen-bond acceptors (Lipinski definition) is 3. The van der Waals surface area contributed by atoms with E-state index in [0.29, 0.717) is 23.6 Å². The molecule has 3 rings (SSSR count). The van der Waals surface area contributed by atoms with Crippen LogP contribution in [0.5, 0.6) is 11.5 Å². The summed E-state index contributed by atoms with van der Waals surface area (Å²) >= 11 is 0. The molecule has 4 nitrogen and oxygen atoms in total. The molecule has 0 saturated carbocycles. The van der Waals surface area contributed by atoms with Gasteiger partial charge in [-0.05, 0) is 60.2 Å². The van der Waals surface area contributed by atoms with Crippen LogP contribution in [0.25, 0.3) is 0 Å². The van der Waals surface area contributed by atoms with Crippen LogP contribution >= 0.6 is 0 Å². The molecule has 0 atom stereocenters. The fraction of sp³-hybridized carbons (Fsp3) is 0.0526. The number of nitrogens with one attached hydrogen (secondary N) is 1. The first-order valence-electron chi connectivity index (χ1n) is 7.41. The zero-order valence-electron chi connectivity index (χ0n) is 12.8. The number of nitrogens with zero attached hydrogens (tertiary/aromatic N) is 1. The van der Waals surface area contributed by atoms with Crippen LogP contribution in [0.15, 0.2) is 73.1 Å². The van der Waals surface area contributed by atoms with Crippen molar-refractivity contribution in [1.82, 2.24) is 10.3 Å². The van der Waals surface area contributed by atoms with Gasteiger partial charge in [-0.15, -0.1) is 0 Å². The highest BCUT2D eigenvalue weighted by molar-refractivity contribution is 5.94. The fourth-order valence-electron chi connectivity index (χ4n) is 2.10. The van der Waals surface area contributed by atoms with E-state index in [1.807, 2.05) is 12.1 Å². The Labute approximate surface area is 138 Å². The molecule has 0 aliphatic carbocycles. The number of carbonyl (C=O) groups excluding carboxylic acids is 1. The molecule has 5 heteroatoms. The van der Waals surface area contributed by atoms with Gasteiger partial charge < -0.3 is 10.1 Å². The Balaban J connectivity index is 1.59. The predicted octanol–water partition coefficient (Wildman–Crippen LogP) is 3.94. The largest absolute Gasteiger partial charge is 0.457 e. The van der Waals surface area contributed by atoms with Crippen LogP contribution < -0.4 is 10.1 Å². The van der Waals surface area contributed by atoms with Crippen molar-refractivity contribution in [2.24, 2.45) is 0 Å². The van der Waals surface area contributed by atoms with Crippen molar-refractivity contribution in [3.8, 4) is 11.5 Å². The lowest BCUT2D eigenvalue weighted by molar-refractivity contribution is 0.0951. The van der Waals surface area contributed by atoms with Gasteiger partial charge in [-0.1, -0.05) is 6.07 Å². The second kappa shape index (κ2) is 7.37. The summed E-state index contributed by atoms with van der Waals surface area (Å²) in [7, 11) is 0. The number of ether oxygens (including phenoxy) is 1.